The number of rotatable bonds is 4. The number of para-hydroxylation sites is 2. The third kappa shape index (κ3) is 4.03. The second-order valence-electron chi connectivity index (χ2n) is 7.87. The van der Waals surface area contributed by atoms with E-state index < -0.39 is 0 Å². The molecular weight excluding hydrogens is 372 g/mol. The predicted octanol–water partition coefficient (Wildman–Crippen LogP) is 3.13. The lowest BCUT2D eigenvalue weighted by molar-refractivity contribution is 0.633. The summed E-state index contributed by atoms with van der Waals surface area (Å²) in [5, 5.41) is 9.11. The number of benzene rings is 2. The summed E-state index contributed by atoms with van der Waals surface area (Å²) in [5.41, 5.74) is 2.60. The molecule has 0 radical (unpaired) electrons. The lowest BCUT2D eigenvalue weighted by Gasteiger charge is -2.37. The average molecular weight is 401 g/mol. The molecule has 3 aromatic rings. The maximum Gasteiger partial charge on any atom is 0.151 e. The number of aromatic nitrogens is 2. The van der Waals surface area contributed by atoms with E-state index in [4.69, 9.17) is 0 Å². The average Bonchev–Trinajstić information content (AvgIpc) is 2.85. The van der Waals surface area contributed by atoms with Gasteiger partial charge in [-0.25, -0.2) is 0 Å². The van der Waals surface area contributed by atoms with Crippen LogP contribution in [-0.4, -0.2) is 62.6 Å². The summed E-state index contributed by atoms with van der Waals surface area (Å²) < 4.78 is 0. The van der Waals surface area contributed by atoms with Crippen LogP contribution in [0.2, 0.25) is 0 Å². The summed E-state index contributed by atoms with van der Waals surface area (Å²) in [7, 11) is 0. The first-order valence-electron chi connectivity index (χ1n) is 10.8. The Kier molecular flexibility index (Phi) is 5.38. The van der Waals surface area contributed by atoms with Crippen LogP contribution in [0.25, 0.3) is 0 Å². The molecule has 6 nitrogen and oxygen atoms in total. The molecule has 2 saturated heterocycles. The Hall–Kier alpha value is -3.28. The van der Waals surface area contributed by atoms with E-state index in [2.05, 4.69) is 103 Å². The van der Waals surface area contributed by atoms with Crippen molar-refractivity contribution in [1.29, 1.82) is 0 Å². The van der Waals surface area contributed by atoms with Gasteiger partial charge in [0.2, 0.25) is 0 Å². The molecule has 0 bridgehead atoms. The first kappa shape index (κ1) is 18.7. The Labute approximate surface area is 178 Å². The van der Waals surface area contributed by atoms with E-state index in [1.54, 1.807) is 0 Å². The van der Waals surface area contributed by atoms with Crippen LogP contribution in [0.5, 0.6) is 0 Å². The zero-order chi connectivity index (χ0) is 20.2. The van der Waals surface area contributed by atoms with Crippen molar-refractivity contribution in [3.8, 4) is 0 Å². The van der Waals surface area contributed by atoms with Crippen molar-refractivity contribution in [3.63, 3.8) is 0 Å². The van der Waals surface area contributed by atoms with E-state index in [0.717, 1.165) is 64.0 Å². The predicted molar refractivity (Wildman–Crippen MR) is 124 cm³/mol. The first-order chi connectivity index (χ1) is 14.9. The van der Waals surface area contributed by atoms with Crippen LogP contribution < -0.4 is 19.6 Å². The van der Waals surface area contributed by atoms with Crippen LogP contribution in [0.4, 0.5) is 23.0 Å². The Morgan fingerprint density at radius 3 is 1.07 bits per heavy atom. The molecule has 2 aliphatic heterocycles. The molecule has 2 aromatic carbocycles. The quantitative estimate of drug-likeness (QED) is 0.670. The number of piperazine rings is 2. The summed E-state index contributed by atoms with van der Waals surface area (Å²) in [6.45, 7) is 7.92. The van der Waals surface area contributed by atoms with Crippen molar-refractivity contribution in [3.05, 3.63) is 72.8 Å². The minimum absolute atomic E-state index is 0.971. The monoisotopic (exact) mass is 400 g/mol. The van der Waals surface area contributed by atoms with Gasteiger partial charge in [-0.1, -0.05) is 36.4 Å². The van der Waals surface area contributed by atoms with Gasteiger partial charge in [-0.05, 0) is 36.4 Å². The van der Waals surface area contributed by atoms with Crippen molar-refractivity contribution in [2.75, 3.05) is 72.0 Å². The largest absolute Gasteiger partial charge is 0.368 e. The van der Waals surface area contributed by atoms with Gasteiger partial charge in [0.1, 0.15) is 0 Å². The van der Waals surface area contributed by atoms with Gasteiger partial charge in [0.15, 0.2) is 11.6 Å². The molecule has 2 aliphatic rings. The van der Waals surface area contributed by atoms with E-state index in [-0.39, 0.29) is 0 Å². The molecule has 3 heterocycles. The number of hydrogen-bond donors (Lipinski definition) is 0. The van der Waals surface area contributed by atoms with Crippen molar-refractivity contribution >= 4 is 23.0 Å². The fraction of sp³-hybridized carbons (Fsp3) is 0.333. The molecule has 0 spiro atoms. The molecule has 2 fully saturated rings. The van der Waals surface area contributed by atoms with E-state index in [9.17, 15) is 0 Å². The maximum atomic E-state index is 4.55. The molecule has 30 heavy (non-hydrogen) atoms. The summed E-state index contributed by atoms with van der Waals surface area (Å²) in [5.74, 6) is 1.96. The van der Waals surface area contributed by atoms with Crippen LogP contribution >= 0.6 is 0 Å². The van der Waals surface area contributed by atoms with E-state index >= 15 is 0 Å². The highest BCUT2D eigenvalue weighted by Gasteiger charge is 2.21. The first-order valence-corrected chi connectivity index (χ1v) is 10.8. The molecule has 6 heteroatoms. The SMILES string of the molecule is c1ccc(N2CCN(c3ccc(N4CCN(c5ccccc5)CC4)nn3)CC2)cc1. The Morgan fingerprint density at radius 1 is 0.400 bits per heavy atom. The maximum absolute atomic E-state index is 4.55. The fourth-order valence-corrected chi connectivity index (χ4v) is 4.32. The van der Waals surface area contributed by atoms with Gasteiger partial charge in [-0.2, -0.15) is 0 Å². The van der Waals surface area contributed by atoms with Gasteiger partial charge < -0.3 is 19.6 Å². The van der Waals surface area contributed by atoms with Crippen LogP contribution in [-0.2, 0) is 0 Å². The molecule has 0 unspecified atom stereocenters. The lowest BCUT2D eigenvalue weighted by atomic mass is 10.2. The summed E-state index contributed by atoms with van der Waals surface area (Å²) >= 11 is 0. The van der Waals surface area contributed by atoms with E-state index in [1.807, 2.05) is 0 Å². The molecule has 0 aliphatic carbocycles. The summed E-state index contributed by atoms with van der Waals surface area (Å²) in [4.78, 5) is 9.54. The molecule has 0 amide bonds. The number of hydrogen-bond acceptors (Lipinski definition) is 6. The zero-order valence-corrected chi connectivity index (χ0v) is 17.3. The van der Waals surface area contributed by atoms with Crippen molar-refractivity contribution in [1.82, 2.24) is 10.2 Å². The third-order valence-corrected chi connectivity index (χ3v) is 6.09. The number of nitrogens with zero attached hydrogens (tertiary/aromatic N) is 6. The minimum atomic E-state index is 0.971. The zero-order valence-electron chi connectivity index (χ0n) is 17.3. The molecule has 0 N–H and O–H groups in total. The highest BCUT2D eigenvalue weighted by molar-refractivity contribution is 5.52. The van der Waals surface area contributed by atoms with Gasteiger partial charge in [-0.3, -0.25) is 0 Å². The standard InChI is InChI=1S/C24H28N6/c1-3-7-21(8-4-1)27-13-17-29(18-14-27)23-11-12-24(26-25-23)30-19-15-28(16-20-30)22-9-5-2-6-10-22/h1-12H,13-20H2. The molecule has 0 saturated carbocycles. The second kappa shape index (κ2) is 8.61. The molecule has 0 atom stereocenters. The second-order valence-corrected chi connectivity index (χ2v) is 7.87. The third-order valence-electron chi connectivity index (χ3n) is 6.09. The van der Waals surface area contributed by atoms with Crippen LogP contribution in [0, 0.1) is 0 Å². The molecule has 5 rings (SSSR count). The van der Waals surface area contributed by atoms with Gasteiger partial charge in [0, 0.05) is 63.7 Å². The Balaban J connectivity index is 1.16. The van der Waals surface area contributed by atoms with Crippen molar-refractivity contribution < 1.29 is 0 Å². The van der Waals surface area contributed by atoms with Crippen molar-refractivity contribution in [2.24, 2.45) is 0 Å². The van der Waals surface area contributed by atoms with Gasteiger partial charge in [0.25, 0.3) is 0 Å². The van der Waals surface area contributed by atoms with Crippen LogP contribution in [0.3, 0.4) is 0 Å². The van der Waals surface area contributed by atoms with Crippen LogP contribution in [0.15, 0.2) is 72.8 Å². The smallest absolute Gasteiger partial charge is 0.151 e. The van der Waals surface area contributed by atoms with Gasteiger partial charge in [-0.15, -0.1) is 10.2 Å². The molecule has 154 valence electrons. The molecule has 1 aromatic heterocycles. The Morgan fingerprint density at radius 2 is 0.733 bits per heavy atom. The van der Waals surface area contributed by atoms with Gasteiger partial charge >= 0.3 is 0 Å². The highest BCUT2D eigenvalue weighted by atomic mass is 15.4. The Bertz CT molecular complexity index is 836. The van der Waals surface area contributed by atoms with Gasteiger partial charge in [0.05, 0.1) is 0 Å². The minimum Gasteiger partial charge on any atom is -0.368 e. The summed E-state index contributed by atoms with van der Waals surface area (Å²) in [6.07, 6.45) is 0. The summed E-state index contributed by atoms with van der Waals surface area (Å²) in [6, 6.07) is 25.5. The number of anilines is 4. The van der Waals surface area contributed by atoms with Crippen molar-refractivity contribution in [2.45, 2.75) is 0 Å². The van der Waals surface area contributed by atoms with E-state index in [0.29, 0.717) is 0 Å². The normalized spacial score (nSPS) is 17.3. The van der Waals surface area contributed by atoms with Crippen LogP contribution in [0.1, 0.15) is 0 Å². The lowest BCUT2D eigenvalue weighted by Crippen LogP contribution is -2.47. The molecular formula is C24H28N6. The topological polar surface area (TPSA) is 38.7 Å². The fourth-order valence-electron chi connectivity index (χ4n) is 4.32. The highest BCUT2D eigenvalue weighted by Crippen LogP contribution is 2.22. The van der Waals surface area contributed by atoms with E-state index in [1.165, 1.54) is 11.4 Å².